The highest BCUT2D eigenvalue weighted by atomic mass is 14.6. The van der Waals surface area contributed by atoms with Crippen molar-refractivity contribution >= 4 is 0 Å². The third-order valence-corrected chi connectivity index (χ3v) is 1.44. The average molecular weight is 145 g/mol. The molecular weight excluding hydrogens is 134 g/mol. The summed E-state index contributed by atoms with van der Waals surface area (Å²) >= 11 is 0. The smallest absolute Gasteiger partial charge is 0.0372 e. The van der Waals surface area contributed by atoms with Crippen LogP contribution in [0.1, 0.15) is 18.2 Å². The molecule has 0 aliphatic heterocycles. The number of rotatable bonds is 1. The van der Waals surface area contributed by atoms with Crippen LogP contribution < -0.4 is 0 Å². The minimum absolute atomic E-state index is 0.809. The molecule has 0 saturated heterocycles. The topological polar surface area (TPSA) is 12.9 Å². The minimum atomic E-state index is 0.809. The van der Waals surface area contributed by atoms with Crippen LogP contribution in [0.5, 0.6) is 0 Å². The molecule has 1 heteroatoms. The molecule has 1 aromatic heterocycles. The summed E-state index contributed by atoms with van der Waals surface area (Å²) in [6, 6.07) is 4.07. The van der Waals surface area contributed by atoms with Gasteiger partial charge in [-0.15, -0.1) is 5.92 Å². The number of pyridine rings is 1. The van der Waals surface area contributed by atoms with Gasteiger partial charge in [-0.25, -0.2) is 0 Å². The van der Waals surface area contributed by atoms with Gasteiger partial charge in [0.1, 0.15) is 0 Å². The van der Waals surface area contributed by atoms with Crippen LogP contribution in [-0.2, 0) is 6.42 Å². The predicted molar refractivity (Wildman–Crippen MR) is 46.1 cm³/mol. The molecule has 0 aliphatic rings. The van der Waals surface area contributed by atoms with E-state index in [0.29, 0.717) is 0 Å². The van der Waals surface area contributed by atoms with Gasteiger partial charge in [-0.1, -0.05) is 12.0 Å². The predicted octanol–water partition coefficient (Wildman–Crippen LogP) is 1.96. The van der Waals surface area contributed by atoms with Crippen LogP contribution in [0, 0.1) is 18.8 Å². The lowest BCUT2D eigenvalue weighted by Gasteiger charge is -1.93. The highest BCUT2D eigenvalue weighted by Crippen LogP contribution is 1.98. The van der Waals surface area contributed by atoms with Crippen LogP contribution >= 0.6 is 0 Å². The third-order valence-electron chi connectivity index (χ3n) is 1.44. The van der Waals surface area contributed by atoms with E-state index in [1.165, 1.54) is 5.56 Å². The number of hydrogen-bond donors (Lipinski definition) is 0. The average Bonchev–Trinajstić information content (AvgIpc) is 2.04. The van der Waals surface area contributed by atoms with Gasteiger partial charge in [-0.3, -0.25) is 4.98 Å². The molecule has 0 atom stereocenters. The van der Waals surface area contributed by atoms with Crippen LogP contribution in [0.4, 0.5) is 0 Å². The summed E-state index contributed by atoms with van der Waals surface area (Å²) in [6.07, 6.45) is 2.68. The Kier molecular flexibility index (Phi) is 2.68. The maximum atomic E-state index is 4.16. The largest absolute Gasteiger partial charge is 0.261 e. The van der Waals surface area contributed by atoms with Crippen molar-refractivity contribution in [3.8, 4) is 11.8 Å². The Labute approximate surface area is 67.5 Å². The third kappa shape index (κ3) is 2.43. The molecule has 11 heavy (non-hydrogen) atoms. The first-order valence-electron chi connectivity index (χ1n) is 3.64. The molecule has 1 heterocycles. The molecule has 1 nitrogen and oxygen atoms in total. The first kappa shape index (κ1) is 7.81. The lowest BCUT2D eigenvalue weighted by molar-refractivity contribution is 1.14. The lowest BCUT2D eigenvalue weighted by Crippen LogP contribution is -1.84. The Morgan fingerprint density at radius 2 is 2.27 bits per heavy atom. The van der Waals surface area contributed by atoms with E-state index in [1.54, 1.807) is 0 Å². The summed E-state index contributed by atoms with van der Waals surface area (Å²) in [5.41, 5.74) is 2.24. The van der Waals surface area contributed by atoms with Gasteiger partial charge < -0.3 is 0 Å². The SMILES string of the molecule is CC#CCc1ccc(C)nc1. The Morgan fingerprint density at radius 3 is 2.82 bits per heavy atom. The molecule has 0 bridgehead atoms. The van der Waals surface area contributed by atoms with Crippen LogP contribution in [0.25, 0.3) is 0 Å². The summed E-state index contributed by atoms with van der Waals surface area (Å²) in [7, 11) is 0. The van der Waals surface area contributed by atoms with Crippen molar-refractivity contribution in [1.29, 1.82) is 0 Å². The van der Waals surface area contributed by atoms with Crippen LogP contribution in [0.15, 0.2) is 18.3 Å². The zero-order valence-electron chi connectivity index (χ0n) is 6.89. The molecule has 0 unspecified atom stereocenters. The quantitative estimate of drug-likeness (QED) is 0.550. The maximum absolute atomic E-state index is 4.16. The van der Waals surface area contributed by atoms with Crippen LogP contribution in [0.2, 0.25) is 0 Å². The second-order valence-electron chi connectivity index (χ2n) is 2.41. The first-order valence-corrected chi connectivity index (χ1v) is 3.64. The fourth-order valence-electron chi connectivity index (χ4n) is 0.793. The Morgan fingerprint density at radius 1 is 1.45 bits per heavy atom. The fourth-order valence-corrected chi connectivity index (χ4v) is 0.793. The lowest BCUT2D eigenvalue weighted by atomic mass is 10.2. The van der Waals surface area contributed by atoms with Crippen molar-refractivity contribution in [3.63, 3.8) is 0 Å². The van der Waals surface area contributed by atoms with E-state index < -0.39 is 0 Å². The van der Waals surface area contributed by atoms with E-state index in [1.807, 2.05) is 26.1 Å². The zero-order valence-corrected chi connectivity index (χ0v) is 6.89. The number of aryl methyl sites for hydroxylation is 1. The molecule has 1 aromatic rings. The van der Waals surface area contributed by atoms with Crippen LogP contribution in [0.3, 0.4) is 0 Å². The molecule has 0 N–H and O–H groups in total. The van der Waals surface area contributed by atoms with E-state index in [9.17, 15) is 0 Å². The van der Waals surface area contributed by atoms with Gasteiger partial charge in [0.2, 0.25) is 0 Å². The van der Waals surface area contributed by atoms with Crippen molar-refractivity contribution in [1.82, 2.24) is 4.98 Å². The highest BCUT2D eigenvalue weighted by Gasteiger charge is 1.88. The van der Waals surface area contributed by atoms with E-state index in [2.05, 4.69) is 22.9 Å². The number of nitrogens with zero attached hydrogens (tertiary/aromatic N) is 1. The molecule has 0 aliphatic carbocycles. The van der Waals surface area contributed by atoms with Gasteiger partial charge >= 0.3 is 0 Å². The normalized spacial score (nSPS) is 8.55. The Bertz CT molecular complexity index is 274. The molecule has 0 aromatic carbocycles. The fraction of sp³-hybridized carbons (Fsp3) is 0.300. The minimum Gasteiger partial charge on any atom is -0.261 e. The van der Waals surface area contributed by atoms with Crippen LogP contribution in [-0.4, -0.2) is 4.98 Å². The molecule has 1 rings (SSSR count). The maximum Gasteiger partial charge on any atom is 0.0372 e. The Balaban J connectivity index is 2.71. The van der Waals surface area contributed by atoms with Crippen molar-refractivity contribution in [2.24, 2.45) is 0 Å². The van der Waals surface area contributed by atoms with E-state index in [4.69, 9.17) is 0 Å². The van der Waals surface area contributed by atoms with E-state index in [-0.39, 0.29) is 0 Å². The van der Waals surface area contributed by atoms with Crippen molar-refractivity contribution in [2.75, 3.05) is 0 Å². The molecule has 0 fully saturated rings. The molecule has 0 amide bonds. The summed E-state index contributed by atoms with van der Waals surface area (Å²) in [5, 5.41) is 0. The van der Waals surface area contributed by atoms with Gasteiger partial charge in [-0.05, 0) is 25.5 Å². The second-order valence-corrected chi connectivity index (χ2v) is 2.41. The van der Waals surface area contributed by atoms with E-state index >= 15 is 0 Å². The molecule has 0 saturated carbocycles. The number of aromatic nitrogens is 1. The molecular formula is C10H11N. The summed E-state index contributed by atoms with van der Waals surface area (Å²) in [4.78, 5) is 4.16. The van der Waals surface area contributed by atoms with Gasteiger partial charge in [0.15, 0.2) is 0 Å². The van der Waals surface area contributed by atoms with Crippen molar-refractivity contribution in [2.45, 2.75) is 20.3 Å². The standard InChI is InChI=1S/C10H11N/c1-3-4-5-10-7-6-9(2)11-8-10/h6-8H,5H2,1-2H3. The summed E-state index contributed by atoms with van der Waals surface area (Å²) in [5.74, 6) is 5.85. The van der Waals surface area contributed by atoms with Gasteiger partial charge in [0, 0.05) is 18.3 Å². The Hall–Kier alpha value is -1.29. The number of hydrogen-bond acceptors (Lipinski definition) is 1. The summed E-state index contributed by atoms with van der Waals surface area (Å²) in [6.45, 7) is 3.83. The highest BCUT2D eigenvalue weighted by molar-refractivity contribution is 5.18. The van der Waals surface area contributed by atoms with Crippen molar-refractivity contribution < 1.29 is 0 Å². The molecule has 0 spiro atoms. The monoisotopic (exact) mass is 145 g/mol. The van der Waals surface area contributed by atoms with E-state index in [0.717, 1.165) is 12.1 Å². The van der Waals surface area contributed by atoms with Gasteiger partial charge in [0.05, 0.1) is 0 Å². The first-order chi connectivity index (χ1) is 5.33. The van der Waals surface area contributed by atoms with Crippen molar-refractivity contribution in [3.05, 3.63) is 29.6 Å². The molecule has 56 valence electrons. The molecule has 0 radical (unpaired) electrons. The van der Waals surface area contributed by atoms with Gasteiger partial charge in [0.25, 0.3) is 0 Å². The van der Waals surface area contributed by atoms with Gasteiger partial charge in [-0.2, -0.15) is 0 Å². The summed E-state index contributed by atoms with van der Waals surface area (Å²) < 4.78 is 0. The zero-order chi connectivity index (χ0) is 8.10. The second kappa shape index (κ2) is 3.78.